The molecule has 7 heteroatoms. The molecule has 27 heavy (non-hydrogen) atoms. The summed E-state index contributed by atoms with van der Waals surface area (Å²) in [6.45, 7) is 4.79. The van der Waals surface area contributed by atoms with Crippen LogP contribution in [0.2, 0.25) is 0 Å². The zero-order chi connectivity index (χ0) is 19.2. The molecule has 1 aromatic carbocycles. The average Bonchev–Trinajstić information content (AvgIpc) is 3.05. The van der Waals surface area contributed by atoms with E-state index in [1.165, 1.54) is 11.8 Å². The Morgan fingerprint density at radius 1 is 1.37 bits per heavy atom. The van der Waals surface area contributed by atoms with E-state index in [0.29, 0.717) is 11.8 Å². The maximum Gasteiger partial charge on any atom is 0.267 e. The molecule has 0 spiro atoms. The normalized spacial score (nSPS) is 19.3. The van der Waals surface area contributed by atoms with Crippen LogP contribution in [0.3, 0.4) is 0 Å². The van der Waals surface area contributed by atoms with Crippen LogP contribution < -0.4 is 10.3 Å². The maximum absolute atomic E-state index is 13.5. The lowest BCUT2D eigenvalue weighted by Gasteiger charge is -2.32. The summed E-state index contributed by atoms with van der Waals surface area (Å²) in [5, 5.41) is 1.43. The predicted octanol–water partition coefficient (Wildman–Crippen LogP) is 4.42. The molecule has 0 unspecified atom stereocenters. The molecule has 1 aliphatic rings. The Kier molecular flexibility index (Phi) is 4.78. The summed E-state index contributed by atoms with van der Waals surface area (Å²) in [5.41, 5.74) is 1.67. The van der Waals surface area contributed by atoms with Gasteiger partial charge in [-0.05, 0) is 49.4 Å². The van der Waals surface area contributed by atoms with Crippen molar-refractivity contribution in [1.29, 1.82) is 0 Å². The number of thioether (sulfide) groups is 1. The first-order chi connectivity index (χ1) is 13.0. The number of benzene rings is 1. The van der Waals surface area contributed by atoms with Gasteiger partial charge in [0, 0.05) is 11.3 Å². The van der Waals surface area contributed by atoms with Crippen molar-refractivity contribution in [3.8, 4) is 11.4 Å². The van der Waals surface area contributed by atoms with E-state index in [-0.39, 0.29) is 11.2 Å². The van der Waals surface area contributed by atoms with Crippen LogP contribution in [-0.2, 0) is 17.8 Å². The number of nitrogens with zero attached hydrogens (tertiary/aromatic N) is 2. The van der Waals surface area contributed by atoms with Gasteiger partial charge in [-0.3, -0.25) is 9.36 Å². The zero-order valence-electron chi connectivity index (χ0n) is 15.9. The highest BCUT2D eigenvalue weighted by molar-refractivity contribution is 7.98. The maximum atomic E-state index is 13.5. The fourth-order valence-electron chi connectivity index (χ4n) is 3.42. The lowest BCUT2D eigenvalue weighted by atomic mass is 9.90. The second-order valence-corrected chi connectivity index (χ2v) is 8.75. The monoisotopic (exact) mass is 402 g/mol. The molecule has 5 nitrogen and oxygen atoms in total. The molecule has 2 aromatic heterocycles. The Morgan fingerprint density at radius 3 is 2.74 bits per heavy atom. The van der Waals surface area contributed by atoms with Crippen LogP contribution in [-0.4, -0.2) is 28.5 Å². The summed E-state index contributed by atoms with van der Waals surface area (Å²) in [6.07, 6.45) is 3.60. The molecule has 0 saturated heterocycles. The Morgan fingerprint density at radius 2 is 2.11 bits per heavy atom. The molecule has 0 amide bonds. The largest absolute Gasteiger partial charge is 0.497 e. The molecule has 1 aliphatic heterocycles. The Bertz CT molecular complexity index is 1060. The summed E-state index contributed by atoms with van der Waals surface area (Å²) in [5.74, 6) is 0.760. The van der Waals surface area contributed by atoms with Crippen molar-refractivity contribution in [2.24, 2.45) is 0 Å². The van der Waals surface area contributed by atoms with Crippen LogP contribution in [0.15, 0.2) is 34.2 Å². The predicted molar refractivity (Wildman–Crippen MR) is 111 cm³/mol. The van der Waals surface area contributed by atoms with Crippen LogP contribution in [0.4, 0.5) is 0 Å². The topological polar surface area (TPSA) is 53.4 Å². The van der Waals surface area contributed by atoms with Gasteiger partial charge in [-0.2, -0.15) is 0 Å². The van der Waals surface area contributed by atoms with Gasteiger partial charge in [0.1, 0.15) is 10.6 Å². The van der Waals surface area contributed by atoms with Gasteiger partial charge in [0.05, 0.1) is 30.4 Å². The number of methoxy groups -OCH3 is 1. The fourth-order valence-corrected chi connectivity index (χ4v) is 5.13. The summed E-state index contributed by atoms with van der Waals surface area (Å²) in [6, 6.07) is 7.51. The van der Waals surface area contributed by atoms with Crippen molar-refractivity contribution in [2.75, 3.05) is 13.4 Å². The van der Waals surface area contributed by atoms with Gasteiger partial charge in [-0.15, -0.1) is 11.3 Å². The molecule has 4 rings (SSSR count). The van der Waals surface area contributed by atoms with Crippen LogP contribution in [0.25, 0.3) is 15.9 Å². The van der Waals surface area contributed by atoms with E-state index in [1.807, 2.05) is 30.5 Å². The van der Waals surface area contributed by atoms with Crippen molar-refractivity contribution in [3.05, 3.63) is 45.1 Å². The van der Waals surface area contributed by atoms with E-state index in [1.54, 1.807) is 23.0 Å². The summed E-state index contributed by atoms with van der Waals surface area (Å²) in [7, 11) is 1.63. The van der Waals surface area contributed by atoms with Crippen LogP contribution in [0.1, 0.15) is 30.7 Å². The smallest absolute Gasteiger partial charge is 0.267 e. The van der Waals surface area contributed by atoms with E-state index in [9.17, 15) is 4.79 Å². The molecule has 0 saturated carbocycles. The number of hydrogen-bond acceptors (Lipinski definition) is 6. The third kappa shape index (κ3) is 3.07. The molecule has 0 radical (unpaired) electrons. The Hall–Kier alpha value is -1.83. The molecule has 0 fully saturated rings. The molecule has 0 aliphatic carbocycles. The Labute approximate surface area is 166 Å². The van der Waals surface area contributed by atoms with Crippen LogP contribution in [0, 0.1) is 0 Å². The van der Waals surface area contributed by atoms with E-state index in [2.05, 4.69) is 13.8 Å². The molecule has 0 bridgehead atoms. The van der Waals surface area contributed by atoms with Crippen LogP contribution in [0.5, 0.6) is 5.75 Å². The second kappa shape index (κ2) is 6.96. The first-order valence-electron chi connectivity index (χ1n) is 8.89. The second-order valence-electron chi connectivity index (χ2n) is 6.89. The van der Waals surface area contributed by atoms with Crippen molar-refractivity contribution < 1.29 is 9.47 Å². The average molecular weight is 403 g/mol. The highest BCUT2D eigenvalue weighted by atomic mass is 32.2. The molecule has 0 N–H and O–H groups in total. The lowest BCUT2D eigenvalue weighted by Crippen LogP contribution is -2.34. The quantitative estimate of drug-likeness (QED) is 0.478. The van der Waals surface area contributed by atoms with Gasteiger partial charge < -0.3 is 9.47 Å². The SMILES string of the molecule is CC[C@@]1(C)Cc2c(sc3nc(SC)n(-c4ccc(OC)cc4)c(=O)c23)CO1. The van der Waals surface area contributed by atoms with E-state index >= 15 is 0 Å². The van der Waals surface area contributed by atoms with E-state index in [0.717, 1.165) is 44.9 Å². The van der Waals surface area contributed by atoms with Crippen molar-refractivity contribution >= 4 is 33.3 Å². The number of fused-ring (bicyclic) bond motifs is 3. The van der Waals surface area contributed by atoms with Crippen molar-refractivity contribution in [1.82, 2.24) is 9.55 Å². The molecular formula is C20H22N2O3S2. The van der Waals surface area contributed by atoms with Gasteiger partial charge >= 0.3 is 0 Å². The lowest BCUT2D eigenvalue weighted by molar-refractivity contribution is -0.0543. The van der Waals surface area contributed by atoms with Crippen molar-refractivity contribution in [3.63, 3.8) is 0 Å². The third-order valence-corrected chi connectivity index (χ3v) is 6.98. The first-order valence-corrected chi connectivity index (χ1v) is 10.9. The fraction of sp³-hybridized carbons (Fsp3) is 0.400. The third-order valence-electron chi connectivity index (χ3n) is 5.24. The van der Waals surface area contributed by atoms with Crippen molar-refractivity contribution in [2.45, 2.75) is 44.1 Å². The number of thiophene rings is 1. The highest BCUT2D eigenvalue weighted by Crippen LogP contribution is 2.39. The van der Waals surface area contributed by atoms with Gasteiger partial charge in [0.25, 0.3) is 5.56 Å². The van der Waals surface area contributed by atoms with Gasteiger partial charge in [0.2, 0.25) is 0 Å². The molecule has 142 valence electrons. The highest BCUT2D eigenvalue weighted by Gasteiger charge is 2.33. The van der Waals surface area contributed by atoms with E-state index < -0.39 is 0 Å². The summed E-state index contributed by atoms with van der Waals surface area (Å²) < 4.78 is 13.0. The number of ether oxygens (including phenoxy) is 2. The van der Waals surface area contributed by atoms with Gasteiger partial charge in [-0.25, -0.2) is 4.98 Å². The Balaban J connectivity index is 1.95. The first kappa shape index (κ1) is 18.5. The minimum absolute atomic E-state index is 0.00706. The standard InChI is InChI=1S/C20H22N2O3S2/c1-5-20(2)10-14-15(11-25-20)27-17-16(14)18(23)22(19(21-17)26-4)12-6-8-13(24-3)9-7-12/h6-9H,5,10-11H2,1-4H3/t20-/m0/s1. The molecule has 1 atom stereocenters. The summed E-state index contributed by atoms with van der Waals surface area (Å²) >= 11 is 3.06. The van der Waals surface area contributed by atoms with Gasteiger partial charge in [0.15, 0.2) is 5.16 Å². The van der Waals surface area contributed by atoms with Gasteiger partial charge in [-0.1, -0.05) is 18.7 Å². The molecule has 3 heterocycles. The molecular weight excluding hydrogens is 380 g/mol. The number of hydrogen-bond donors (Lipinski definition) is 0. The minimum Gasteiger partial charge on any atom is -0.497 e. The van der Waals surface area contributed by atoms with E-state index in [4.69, 9.17) is 14.5 Å². The van der Waals surface area contributed by atoms with Crippen LogP contribution >= 0.6 is 23.1 Å². The minimum atomic E-state index is -0.226. The number of aromatic nitrogens is 2. The summed E-state index contributed by atoms with van der Waals surface area (Å²) in [4.78, 5) is 20.3. The zero-order valence-corrected chi connectivity index (χ0v) is 17.5. The number of rotatable bonds is 4. The molecule has 3 aromatic rings.